The first-order valence-corrected chi connectivity index (χ1v) is 7.23. The van der Waals surface area contributed by atoms with Crippen LogP contribution in [0.1, 0.15) is 25.3 Å². The van der Waals surface area contributed by atoms with E-state index in [4.69, 9.17) is 7.85 Å². The number of hydrogen-bond acceptors (Lipinski definition) is 3. The third-order valence-electron chi connectivity index (χ3n) is 3.60. The molecule has 2 rings (SSSR count). The fraction of sp³-hybridized carbons (Fsp3) is 0.438. The summed E-state index contributed by atoms with van der Waals surface area (Å²) in [6, 6.07) is 9.02. The zero-order valence-corrected chi connectivity index (χ0v) is 12.8. The monoisotopic (exact) mass is 298 g/mol. The first-order valence-electron chi connectivity index (χ1n) is 7.23. The number of Topliss-reactive ketones (excluding diaryl/α,β-unsaturated/α-hetero) is 1. The van der Waals surface area contributed by atoms with Crippen molar-refractivity contribution in [2.24, 2.45) is 5.92 Å². The number of benzene rings is 1. The first-order chi connectivity index (χ1) is 10.3. The summed E-state index contributed by atoms with van der Waals surface area (Å²) in [6.07, 6.45) is 0. The molecule has 1 aliphatic rings. The molecule has 2 N–H and O–H groups in total. The van der Waals surface area contributed by atoms with Gasteiger partial charge in [0.2, 0.25) is 11.7 Å². The van der Waals surface area contributed by atoms with E-state index in [1.165, 1.54) is 0 Å². The Hall–Kier alpha value is -2.11. The normalized spacial score (nSPS) is 21.3. The van der Waals surface area contributed by atoms with Crippen LogP contribution in [0.25, 0.3) is 0 Å². The molecule has 1 unspecified atom stereocenters. The van der Waals surface area contributed by atoms with E-state index in [2.05, 4.69) is 10.6 Å². The summed E-state index contributed by atoms with van der Waals surface area (Å²) in [4.78, 5) is 36.4. The smallest absolute Gasteiger partial charge is 0.287 e. The molecule has 2 radical (unpaired) electrons. The van der Waals surface area contributed by atoms with Crippen LogP contribution in [0, 0.1) is 5.92 Å². The van der Waals surface area contributed by atoms with Gasteiger partial charge in [-0.25, -0.2) is 0 Å². The molecule has 1 heterocycles. The highest BCUT2D eigenvalue weighted by molar-refractivity contribution is 6.38. The number of amides is 2. The number of rotatable bonds is 5. The molecule has 2 atom stereocenters. The van der Waals surface area contributed by atoms with Crippen LogP contribution in [0.2, 0.25) is 5.31 Å². The maximum absolute atomic E-state index is 12.3. The Kier molecular flexibility index (Phi) is 4.69. The Morgan fingerprint density at radius 1 is 1.32 bits per heavy atom. The molecule has 6 heteroatoms. The van der Waals surface area contributed by atoms with Crippen LogP contribution in [0.5, 0.6) is 0 Å². The van der Waals surface area contributed by atoms with E-state index in [-0.39, 0.29) is 19.0 Å². The van der Waals surface area contributed by atoms with Gasteiger partial charge in [0.05, 0.1) is 19.7 Å². The van der Waals surface area contributed by atoms with Gasteiger partial charge in [0.25, 0.3) is 5.91 Å². The van der Waals surface area contributed by atoms with Crippen LogP contribution in [0.3, 0.4) is 0 Å². The van der Waals surface area contributed by atoms with Gasteiger partial charge in [0, 0.05) is 13.1 Å². The first kappa shape index (κ1) is 16.3. The van der Waals surface area contributed by atoms with Crippen molar-refractivity contribution < 1.29 is 14.4 Å². The number of hydrogen-bond donors (Lipinski definition) is 2. The predicted octanol–water partition coefficient (Wildman–Crippen LogP) is 0.569. The van der Waals surface area contributed by atoms with Crippen LogP contribution in [-0.4, -0.2) is 38.5 Å². The van der Waals surface area contributed by atoms with E-state index in [1.807, 2.05) is 6.07 Å². The highest BCUT2D eigenvalue weighted by atomic mass is 16.2. The molecular formula is C16H19BN2O3. The fourth-order valence-corrected chi connectivity index (χ4v) is 2.47. The summed E-state index contributed by atoms with van der Waals surface area (Å²) in [5, 5.41) is 4.60. The molecule has 5 nitrogen and oxygen atoms in total. The van der Waals surface area contributed by atoms with Crippen molar-refractivity contribution in [3.63, 3.8) is 0 Å². The third-order valence-corrected chi connectivity index (χ3v) is 3.60. The fourth-order valence-electron chi connectivity index (χ4n) is 2.47. The minimum atomic E-state index is -0.694. The van der Waals surface area contributed by atoms with Gasteiger partial charge in [-0.1, -0.05) is 49.5 Å². The molecule has 0 aromatic heterocycles. The van der Waals surface area contributed by atoms with Crippen molar-refractivity contribution in [1.29, 1.82) is 0 Å². The molecule has 0 spiro atoms. The maximum Gasteiger partial charge on any atom is 0.287 e. The average Bonchev–Trinajstić information content (AvgIpc) is 2.86. The van der Waals surface area contributed by atoms with Crippen LogP contribution in [-0.2, 0) is 14.4 Å². The summed E-state index contributed by atoms with van der Waals surface area (Å²) < 4.78 is 0. The third kappa shape index (κ3) is 3.75. The average molecular weight is 298 g/mol. The summed E-state index contributed by atoms with van der Waals surface area (Å²) in [7, 11) is 5.79. The Bertz CT molecular complexity index is 581. The van der Waals surface area contributed by atoms with E-state index in [1.54, 1.807) is 38.1 Å². The molecule has 1 saturated heterocycles. The van der Waals surface area contributed by atoms with Crippen molar-refractivity contribution in [2.45, 2.75) is 25.1 Å². The van der Waals surface area contributed by atoms with Gasteiger partial charge >= 0.3 is 0 Å². The second kappa shape index (κ2) is 6.34. The van der Waals surface area contributed by atoms with Gasteiger partial charge in [0.15, 0.2) is 0 Å². The van der Waals surface area contributed by atoms with E-state index in [0.717, 1.165) is 5.56 Å². The summed E-state index contributed by atoms with van der Waals surface area (Å²) >= 11 is 0. The van der Waals surface area contributed by atoms with Gasteiger partial charge in [0.1, 0.15) is 0 Å². The van der Waals surface area contributed by atoms with Gasteiger partial charge in [-0.05, 0) is 5.56 Å². The van der Waals surface area contributed by atoms with Crippen LogP contribution < -0.4 is 10.6 Å². The van der Waals surface area contributed by atoms with E-state index < -0.39 is 28.8 Å². The second-order valence-electron chi connectivity index (χ2n) is 6.28. The van der Waals surface area contributed by atoms with Crippen LogP contribution >= 0.6 is 0 Å². The minimum absolute atomic E-state index is 0.177. The number of ketones is 1. The standard InChI is InChI=1S/C16H19BN2O3/c1-16(2,17)9-19-15(22)13(20)11-8-18-14(21)12(11)10-6-4-3-5-7-10/h3-7,11-12H,8-9H2,1-2H3,(H,18,21)(H,19,22)/t11?,12-/m1/s1. The van der Waals surface area contributed by atoms with Gasteiger partial charge in [-0.15, -0.1) is 0 Å². The number of carbonyl (C=O) groups is 3. The van der Waals surface area contributed by atoms with Crippen molar-refractivity contribution in [3.05, 3.63) is 35.9 Å². The summed E-state index contributed by atoms with van der Waals surface area (Å²) in [6.45, 7) is 3.88. The van der Waals surface area contributed by atoms with Crippen LogP contribution in [0.4, 0.5) is 0 Å². The zero-order valence-electron chi connectivity index (χ0n) is 12.8. The van der Waals surface area contributed by atoms with E-state index in [9.17, 15) is 14.4 Å². The molecule has 1 fully saturated rings. The molecule has 0 aliphatic carbocycles. The number of carbonyl (C=O) groups excluding carboxylic acids is 3. The zero-order chi connectivity index (χ0) is 16.3. The highest BCUT2D eigenvalue weighted by Gasteiger charge is 2.42. The Morgan fingerprint density at radius 3 is 2.55 bits per heavy atom. The number of nitrogens with one attached hydrogen (secondary N) is 2. The van der Waals surface area contributed by atoms with Gasteiger partial charge in [-0.3, -0.25) is 14.4 Å². The largest absolute Gasteiger partial charge is 0.355 e. The summed E-state index contributed by atoms with van der Waals surface area (Å²) in [5.74, 6) is -2.81. The van der Waals surface area contributed by atoms with Crippen molar-refractivity contribution in [3.8, 4) is 0 Å². The molecular weight excluding hydrogens is 279 g/mol. The van der Waals surface area contributed by atoms with E-state index >= 15 is 0 Å². The maximum atomic E-state index is 12.3. The predicted molar refractivity (Wildman–Crippen MR) is 83.5 cm³/mol. The lowest BCUT2D eigenvalue weighted by atomic mass is 9.72. The lowest BCUT2D eigenvalue weighted by Gasteiger charge is -2.20. The van der Waals surface area contributed by atoms with Crippen molar-refractivity contribution in [1.82, 2.24) is 10.6 Å². The molecule has 114 valence electrons. The Labute approximate surface area is 131 Å². The van der Waals surface area contributed by atoms with E-state index in [0.29, 0.717) is 0 Å². The molecule has 22 heavy (non-hydrogen) atoms. The lowest BCUT2D eigenvalue weighted by Crippen LogP contribution is -2.40. The highest BCUT2D eigenvalue weighted by Crippen LogP contribution is 2.29. The molecule has 1 aromatic rings. The Balaban J connectivity index is 2.11. The quantitative estimate of drug-likeness (QED) is 0.616. The van der Waals surface area contributed by atoms with Crippen molar-refractivity contribution in [2.75, 3.05) is 13.1 Å². The molecule has 2 amide bonds. The molecule has 1 aliphatic heterocycles. The lowest BCUT2D eigenvalue weighted by molar-refractivity contribution is -0.140. The minimum Gasteiger partial charge on any atom is -0.355 e. The van der Waals surface area contributed by atoms with Gasteiger partial charge in [-0.2, -0.15) is 0 Å². The Morgan fingerprint density at radius 2 is 1.95 bits per heavy atom. The molecule has 0 saturated carbocycles. The van der Waals surface area contributed by atoms with Gasteiger partial charge < -0.3 is 10.6 Å². The molecule has 0 bridgehead atoms. The second-order valence-corrected chi connectivity index (χ2v) is 6.28. The SMILES string of the molecule is [B]C(C)(C)CNC(=O)C(=O)C1CNC(=O)[C@@H]1c1ccccc1. The topological polar surface area (TPSA) is 75.3 Å². The van der Waals surface area contributed by atoms with Crippen LogP contribution in [0.15, 0.2) is 30.3 Å². The summed E-state index contributed by atoms with van der Waals surface area (Å²) in [5.41, 5.74) is 0.739. The molecule has 1 aromatic carbocycles. The van der Waals surface area contributed by atoms with Crippen molar-refractivity contribution >= 4 is 25.4 Å².